The molecule has 32 heavy (non-hydrogen) atoms. The Balaban J connectivity index is 1.31. The van der Waals surface area contributed by atoms with E-state index in [4.69, 9.17) is 14.2 Å². The third-order valence-electron chi connectivity index (χ3n) is 4.88. The van der Waals surface area contributed by atoms with Crippen molar-refractivity contribution in [1.82, 2.24) is 15.5 Å². The Kier molecular flexibility index (Phi) is 4.76. The summed E-state index contributed by atoms with van der Waals surface area (Å²) in [4.78, 5) is 4.48. The molecule has 0 fully saturated rings. The van der Waals surface area contributed by atoms with E-state index in [1.165, 1.54) is 0 Å². The molecule has 1 aromatic heterocycles. The number of fused-ring (bicyclic) bond motifs is 2. The molecule has 3 heterocycles. The van der Waals surface area contributed by atoms with Gasteiger partial charge in [-0.1, -0.05) is 11.2 Å². The van der Waals surface area contributed by atoms with Crippen LogP contribution in [0.3, 0.4) is 0 Å². The summed E-state index contributed by atoms with van der Waals surface area (Å²) in [7, 11) is 1.60. The molecule has 9 nitrogen and oxygen atoms in total. The van der Waals surface area contributed by atoms with Gasteiger partial charge < -0.3 is 29.3 Å². The summed E-state index contributed by atoms with van der Waals surface area (Å²) in [6.07, 6.45) is -4.70. The summed E-state index contributed by atoms with van der Waals surface area (Å²) < 4.78 is 59.2. The number of hydrogen-bond acceptors (Lipinski definition) is 9. The van der Waals surface area contributed by atoms with E-state index < -0.39 is 12.1 Å². The molecule has 5 rings (SSSR count). The van der Waals surface area contributed by atoms with Crippen molar-refractivity contribution in [1.29, 1.82) is 0 Å². The predicted octanol–water partition coefficient (Wildman–Crippen LogP) is 4.08. The lowest BCUT2D eigenvalue weighted by Gasteiger charge is -2.21. The van der Waals surface area contributed by atoms with E-state index in [1.54, 1.807) is 25.3 Å². The first-order valence-corrected chi connectivity index (χ1v) is 9.49. The predicted molar refractivity (Wildman–Crippen MR) is 105 cm³/mol. The molecule has 0 bridgehead atoms. The van der Waals surface area contributed by atoms with Gasteiger partial charge in [-0.3, -0.25) is 0 Å². The molecule has 0 amide bonds. The standard InChI is InChI=1S/C20H16F3N5O4/c1-29-14-3-2-4-15-16(14)13(9-30-15)26-18-25-12-6-5-11(7-10(12)8-31-18)24-19-28-27-17(32-19)20(21,22)23/h2-7,13H,8-9H2,1H3,(H,24,28)(H,25,26). The van der Waals surface area contributed by atoms with E-state index in [0.29, 0.717) is 29.8 Å². The fourth-order valence-electron chi connectivity index (χ4n) is 3.45. The van der Waals surface area contributed by atoms with Gasteiger partial charge in [0.1, 0.15) is 24.7 Å². The van der Waals surface area contributed by atoms with Crippen molar-refractivity contribution < 1.29 is 31.8 Å². The molecule has 2 aliphatic rings. The number of halogens is 3. The lowest BCUT2D eigenvalue weighted by Crippen LogP contribution is -2.32. The van der Waals surface area contributed by atoms with E-state index in [0.717, 1.165) is 16.9 Å². The van der Waals surface area contributed by atoms with Gasteiger partial charge in [-0.15, -0.1) is 5.10 Å². The Bertz CT molecular complexity index is 1190. The number of ether oxygens (including phenoxy) is 3. The quantitative estimate of drug-likeness (QED) is 0.617. The SMILES string of the molecule is COc1cccc2c1C(NC1=Nc3ccc(Nc4nnc(C(F)(F)F)o4)cc3CO1)CO2. The Morgan fingerprint density at radius 3 is 2.78 bits per heavy atom. The molecule has 0 saturated heterocycles. The first kappa shape index (κ1) is 20.0. The maximum atomic E-state index is 12.6. The highest BCUT2D eigenvalue weighted by Gasteiger charge is 2.38. The summed E-state index contributed by atoms with van der Waals surface area (Å²) in [6.45, 7) is 0.610. The van der Waals surface area contributed by atoms with Gasteiger partial charge in [0, 0.05) is 11.3 Å². The van der Waals surface area contributed by atoms with Gasteiger partial charge in [-0.25, -0.2) is 0 Å². The number of amidine groups is 1. The summed E-state index contributed by atoms with van der Waals surface area (Å²) in [6, 6.07) is 10.4. The van der Waals surface area contributed by atoms with Crippen molar-refractivity contribution in [3.63, 3.8) is 0 Å². The molecule has 3 aromatic rings. The molecular formula is C20H16F3N5O4. The minimum Gasteiger partial charge on any atom is -0.496 e. The monoisotopic (exact) mass is 447 g/mol. The second kappa shape index (κ2) is 7.62. The van der Waals surface area contributed by atoms with Crippen molar-refractivity contribution in [2.24, 2.45) is 4.99 Å². The van der Waals surface area contributed by atoms with Crippen LogP contribution in [0.5, 0.6) is 11.5 Å². The lowest BCUT2D eigenvalue weighted by atomic mass is 10.1. The Hall–Kier alpha value is -3.96. The minimum absolute atomic E-state index is 0.192. The molecule has 166 valence electrons. The second-order valence-electron chi connectivity index (χ2n) is 6.96. The fourth-order valence-corrected chi connectivity index (χ4v) is 3.45. The van der Waals surface area contributed by atoms with Crippen LogP contribution in [0, 0.1) is 0 Å². The molecular weight excluding hydrogens is 431 g/mol. The van der Waals surface area contributed by atoms with Gasteiger partial charge in [0.05, 0.1) is 24.4 Å². The van der Waals surface area contributed by atoms with Gasteiger partial charge in [0.25, 0.3) is 6.02 Å². The average Bonchev–Trinajstić information content (AvgIpc) is 3.41. The second-order valence-corrected chi connectivity index (χ2v) is 6.96. The third kappa shape index (κ3) is 3.74. The van der Waals surface area contributed by atoms with Crippen LogP contribution >= 0.6 is 0 Å². The first-order chi connectivity index (χ1) is 15.4. The number of aliphatic imine (C=N–C) groups is 1. The van der Waals surface area contributed by atoms with Gasteiger partial charge >= 0.3 is 18.1 Å². The third-order valence-corrected chi connectivity index (χ3v) is 4.88. The number of benzene rings is 2. The van der Waals surface area contributed by atoms with Crippen LogP contribution in [-0.2, 0) is 17.5 Å². The molecule has 0 aliphatic carbocycles. The van der Waals surface area contributed by atoms with Crippen molar-refractivity contribution in [2.75, 3.05) is 19.0 Å². The maximum Gasteiger partial charge on any atom is 0.470 e. The summed E-state index contributed by atoms with van der Waals surface area (Å²) in [5, 5.41) is 12.2. The Morgan fingerprint density at radius 1 is 1.12 bits per heavy atom. The number of anilines is 2. The van der Waals surface area contributed by atoms with Crippen molar-refractivity contribution >= 4 is 23.4 Å². The number of aromatic nitrogens is 2. The van der Waals surface area contributed by atoms with Crippen molar-refractivity contribution in [3.8, 4) is 11.5 Å². The van der Waals surface area contributed by atoms with Crippen LogP contribution < -0.4 is 20.1 Å². The summed E-state index contributed by atoms with van der Waals surface area (Å²) in [5.74, 6) is 0.0273. The van der Waals surface area contributed by atoms with E-state index in [9.17, 15) is 13.2 Å². The average molecular weight is 447 g/mol. The first-order valence-electron chi connectivity index (χ1n) is 9.49. The molecule has 2 aromatic carbocycles. The molecule has 2 aliphatic heterocycles. The highest BCUT2D eigenvalue weighted by atomic mass is 19.4. The van der Waals surface area contributed by atoms with Crippen LogP contribution in [0.2, 0.25) is 0 Å². The molecule has 0 spiro atoms. The number of nitrogens with zero attached hydrogens (tertiary/aromatic N) is 3. The Labute approximate surface area is 179 Å². The molecule has 1 unspecified atom stereocenters. The number of methoxy groups -OCH3 is 1. The molecule has 0 radical (unpaired) electrons. The zero-order valence-corrected chi connectivity index (χ0v) is 16.6. The Morgan fingerprint density at radius 2 is 2.00 bits per heavy atom. The smallest absolute Gasteiger partial charge is 0.470 e. The molecule has 1 atom stereocenters. The summed E-state index contributed by atoms with van der Waals surface area (Å²) in [5.41, 5.74) is 2.74. The minimum atomic E-state index is -4.70. The van der Waals surface area contributed by atoms with Gasteiger partial charge in [-0.2, -0.15) is 18.2 Å². The molecule has 12 heteroatoms. The van der Waals surface area contributed by atoms with E-state index in [-0.39, 0.29) is 18.7 Å². The normalized spacial score (nSPS) is 16.9. The van der Waals surface area contributed by atoms with Crippen molar-refractivity contribution in [3.05, 3.63) is 53.4 Å². The van der Waals surface area contributed by atoms with Crippen LogP contribution in [0.15, 0.2) is 45.8 Å². The van der Waals surface area contributed by atoms with Crippen LogP contribution in [0.1, 0.15) is 23.1 Å². The van der Waals surface area contributed by atoms with Gasteiger partial charge in [-0.05, 0) is 30.3 Å². The number of nitrogens with one attached hydrogen (secondary N) is 2. The topological polar surface area (TPSA) is 103 Å². The van der Waals surface area contributed by atoms with Gasteiger partial charge in [0.15, 0.2) is 0 Å². The zero-order chi connectivity index (χ0) is 22.3. The van der Waals surface area contributed by atoms with Crippen LogP contribution in [0.25, 0.3) is 0 Å². The lowest BCUT2D eigenvalue weighted by molar-refractivity contribution is -0.156. The number of alkyl halides is 3. The summed E-state index contributed by atoms with van der Waals surface area (Å²) >= 11 is 0. The highest BCUT2D eigenvalue weighted by Crippen LogP contribution is 2.39. The van der Waals surface area contributed by atoms with E-state index >= 15 is 0 Å². The van der Waals surface area contributed by atoms with Gasteiger partial charge in [0.2, 0.25) is 0 Å². The largest absolute Gasteiger partial charge is 0.496 e. The van der Waals surface area contributed by atoms with Crippen LogP contribution in [-0.4, -0.2) is 29.9 Å². The zero-order valence-electron chi connectivity index (χ0n) is 16.6. The van der Waals surface area contributed by atoms with E-state index in [1.807, 2.05) is 18.2 Å². The van der Waals surface area contributed by atoms with Crippen molar-refractivity contribution in [2.45, 2.75) is 18.8 Å². The maximum absolute atomic E-state index is 12.6. The molecule has 2 N–H and O–H groups in total. The fraction of sp³-hybridized carbons (Fsp3) is 0.250. The van der Waals surface area contributed by atoms with E-state index in [2.05, 4.69) is 30.2 Å². The number of rotatable bonds is 4. The highest BCUT2D eigenvalue weighted by molar-refractivity contribution is 5.81. The van der Waals surface area contributed by atoms with Crippen LogP contribution in [0.4, 0.5) is 30.6 Å². The molecule has 0 saturated carbocycles. The number of hydrogen-bond donors (Lipinski definition) is 2.